The average Bonchev–Trinajstić information content (AvgIpc) is 2.76. The second-order valence-corrected chi connectivity index (χ2v) is 7.66. The lowest BCUT2D eigenvalue weighted by atomic mass is 10.2. The molecule has 3 aromatic rings. The van der Waals surface area contributed by atoms with Gasteiger partial charge in [-0.1, -0.05) is 18.7 Å². The molecule has 0 radical (unpaired) electrons. The monoisotopic (exact) mass is 430 g/mol. The van der Waals surface area contributed by atoms with Gasteiger partial charge in [-0.15, -0.1) is 11.3 Å². The maximum Gasteiger partial charge on any atom is 0.330 e. The lowest BCUT2D eigenvalue weighted by molar-refractivity contribution is -0.142. The van der Waals surface area contributed by atoms with Crippen LogP contribution in [-0.4, -0.2) is 54.8 Å². The molecule has 2 N–H and O–H groups in total. The van der Waals surface area contributed by atoms with Gasteiger partial charge in [0.1, 0.15) is 31.2 Å². The van der Waals surface area contributed by atoms with Crippen molar-refractivity contribution in [3.63, 3.8) is 0 Å². The zero-order valence-electron chi connectivity index (χ0n) is 16.2. The smallest absolute Gasteiger partial charge is 0.330 e. The molecule has 2 unspecified atom stereocenters. The van der Waals surface area contributed by atoms with Crippen LogP contribution in [-0.2, 0) is 14.3 Å². The number of fused-ring (bicyclic) bond motifs is 2. The van der Waals surface area contributed by atoms with E-state index < -0.39 is 18.2 Å². The lowest BCUT2D eigenvalue weighted by Gasteiger charge is -2.15. The molecule has 1 aromatic heterocycles. The van der Waals surface area contributed by atoms with Crippen molar-refractivity contribution in [1.82, 2.24) is 0 Å². The van der Waals surface area contributed by atoms with Gasteiger partial charge in [-0.25, -0.2) is 4.79 Å². The first-order chi connectivity index (χ1) is 14.5. The fraction of sp³-hybridized carbons (Fsp3) is 0.273. The van der Waals surface area contributed by atoms with Crippen LogP contribution in [0, 0.1) is 0 Å². The van der Waals surface area contributed by atoms with Gasteiger partial charge in [0.25, 0.3) is 0 Å². The Hall–Kier alpha value is -2.78. The van der Waals surface area contributed by atoms with Gasteiger partial charge in [0, 0.05) is 26.2 Å². The number of esters is 1. The summed E-state index contributed by atoms with van der Waals surface area (Å²) in [5.41, 5.74) is -0.0557. The Morgan fingerprint density at radius 3 is 2.47 bits per heavy atom. The van der Waals surface area contributed by atoms with E-state index >= 15 is 0 Å². The molecular formula is C22H22O7S. The molecule has 0 aliphatic carbocycles. The van der Waals surface area contributed by atoms with Gasteiger partial charge < -0.3 is 24.4 Å². The van der Waals surface area contributed by atoms with Crippen LogP contribution >= 0.6 is 11.3 Å². The zero-order chi connectivity index (χ0) is 21.5. The first-order valence-electron chi connectivity index (χ1n) is 9.29. The summed E-state index contributed by atoms with van der Waals surface area (Å²) in [6.07, 6.45) is -0.941. The van der Waals surface area contributed by atoms with E-state index in [9.17, 15) is 19.8 Å². The van der Waals surface area contributed by atoms with Crippen molar-refractivity contribution in [2.45, 2.75) is 12.2 Å². The predicted octanol–water partition coefficient (Wildman–Crippen LogP) is 2.26. The molecule has 7 nitrogen and oxygen atoms in total. The maximum absolute atomic E-state index is 12.7. The summed E-state index contributed by atoms with van der Waals surface area (Å²) >= 11 is 1.53. The molecule has 0 amide bonds. The Morgan fingerprint density at radius 2 is 1.70 bits per heavy atom. The Kier molecular flexibility index (Phi) is 7.53. The summed E-state index contributed by atoms with van der Waals surface area (Å²) in [4.78, 5) is 23.6. The van der Waals surface area contributed by atoms with E-state index in [0.717, 1.165) is 15.5 Å². The number of hydrogen-bond acceptors (Lipinski definition) is 8. The highest BCUT2D eigenvalue weighted by Crippen LogP contribution is 2.27. The Labute approximate surface area is 176 Å². The number of carbonyl (C=O) groups is 1. The van der Waals surface area contributed by atoms with Gasteiger partial charge in [-0.2, -0.15) is 0 Å². The third kappa shape index (κ3) is 5.64. The number of benzene rings is 2. The van der Waals surface area contributed by atoms with Crippen molar-refractivity contribution in [1.29, 1.82) is 0 Å². The Balaban J connectivity index is 1.52. The number of aliphatic hydroxyl groups excluding tert-OH is 2. The van der Waals surface area contributed by atoms with Crippen LogP contribution < -0.4 is 10.2 Å². The molecule has 158 valence electrons. The molecule has 0 saturated carbocycles. The fourth-order valence-corrected chi connectivity index (χ4v) is 3.79. The van der Waals surface area contributed by atoms with Crippen molar-refractivity contribution in [3.8, 4) is 5.75 Å². The van der Waals surface area contributed by atoms with Gasteiger partial charge in [-0.05, 0) is 30.3 Å². The van der Waals surface area contributed by atoms with Crippen LogP contribution in [0.15, 0.2) is 59.9 Å². The van der Waals surface area contributed by atoms with E-state index in [0.29, 0.717) is 16.5 Å². The summed E-state index contributed by atoms with van der Waals surface area (Å²) in [5, 5.41) is 20.9. The topological polar surface area (TPSA) is 102 Å². The van der Waals surface area contributed by atoms with Gasteiger partial charge >= 0.3 is 5.97 Å². The quantitative estimate of drug-likeness (QED) is 0.289. The van der Waals surface area contributed by atoms with Crippen LogP contribution in [0.25, 0.3) is 20.2 Å². The summed E-state index contributed by atoms with van der Waals surface area (Å²) in [5.74, 6) is -0.162. The molecule has 0 spiro atoms. The first kappa shape index (κ1) is 21.9. The Morgan fingerprint density at radius 1 is 1.00 bits per heavy atom. The van der Waals surface area contributed by atoms with Crippen LogP contribution in [0.2, 0.25) is 0 Å². The van der Waals surface area contributed by atoms with Crippen LogP contribution in [0.1, 0.15) is 0 Å². The lowest BCUT2D eigenvalue weighted by Crippen LogP contribution is -2.28. The van der Waals surface area contributed by atoms with Crippen LogP contribution in [0.5, 0.6) is 5.75 Å². The fourth-order valence-electron chi connectivity index (χ4n) is 2.74. The summed E-state index contributed by atoms with van der Waals surface area (Å²) < 4.78 is 17.3. The molecule has 2 aromatic carbocycles. The van der Waals surface area contributed by atoms with E-state index in [4.69, 9.17) is 9.47 Å². The van der Waals surface area contributed by atoms with E-state index in [2.05, 4.69) is 11.3 Å². The van der Waals surface area contributed by atoms with E-state index in [1.165, 1.54) is 11.3 Å². The minimum Gasteiger partial charge on any atom is -0.491 e. The number of carbonyl (C=O) groups excluding carboxylic acids is 1. The van der Waals surface area contributed by atoms with Gasteiger partial charge in [0.2, 0.25) is 0 Å². The van der Waals surface area contributed by atoms with Crippen molar-refractivity contribution in [2.75, 3.05) is 26.4 Å². The molecule has 8 heteroatoms. The van der Waals surface area contributed by atoms with Gasteiger partial charge in [0.15, 0.2) is 5.43 Å². The van der Waals surface area contributed by atoms with E-state index in [1.807, 2.05) is 24.3 Å². The standard InChI is InChI=1S/C22H22O7S/c1-2-21(25)29-13-15(24)11-27-10-14(23)12-28-16-7-8-20-18(9-16)22(26)17-5-3-4-6-19(17)30-20/h2-9,14-15,23-24H,1,10-13H2. The summed E-state index contributed by atoms with van der Waals surface area (Å²) in [7, 11) is 0. The molecule has 2 atom stereocenters. The van der Waals surface area contributed by atoms with Crippen molar-refractivity contribution < 1.29 is 29.2 Å². The SMILES string of the molecule is C=CC(=O)OCC(O)COCC(O)COc1ccc2sc3ccccc3c(=O)c2c1. The van der Waals surface area contributed by atoms with E-state index in [-0.39, 0.29) is 31.9 Å². The molecule has 0 aliphatic heterocycles. The second kappa shape index (κ2) is 10.3. The third-order valence-electron chi connectivity index (χ3n) is 4.19. The van der Waals surface area contributed by atoms with Gasteiger partial charge in [-0.3, -0.25) is 4.79 Å². The average molecular weight is 430 g/mol. The number of hydrogen-bond donors (Lipinski definition) is 2. The molecule has 0 bridgehead atoms. The highest BCUT2D eigenvalue weighted by molar-refractivity contribution is 7.24. The minimum atomic E-state index is -1.01. The molecule has 0 saturated heterocycles. The molecule has 3 rings (SSSR count). The number of rotatable bonds is 10. The van der Waals surface area contributed by atoms with Crippen LogP contribution in [0.4, 0.5) is 0 Å². The summed E-state index contributed by atoms with van der Waals surface area (Å²) in [6, 6.07) is 12.7. The van der Waals surface area contributed by atoms with E-state index in [1.54, 1.807) is 18.2 Å². The normalized spacial score (nSPS) is 13.1. The highest BCUT2D eigenvalue weighted by atomic mass is 32.1. The molecule has 0 fully saturated rings. The molecule has 30 heavy (non-hydrogen) atoms. The highest BCUT2D eigenvalue weighted by Gasteiger charge is 2.12. The first-order valence-corrected chi connectivity index (χ1v) is 10.1. The van der Waals surface area contributed by atoms with Crippen molar-refractivity contribution >= 4 is 37.5 Å². The third-order valence-corrected chi connectivity index (χ3v) is 5.35. The van der Waals surface area contributed by atoms with Crippen LogP contribution in [0.3, 0.4) is 0 Å². The maximum atomic E-state index is 12.7. The zero-order valence-corrected chi connectivity index (χ0v) is 17.0. The number of aliphatic hydroxyl groups is 2. The Bertz CT molecular complexity index is 1090. The second-order valence-electron chi connectivity index (χ2n) is 6.58. The molecule has 0 aliphatic rings. The number of ether oxygens (including phenoxy) is 3. The minimum absolute atomic E-state index is 0.0434. The summed E-state index contributed by atoms with van der Waals surface area (Å²) in [6.45, 7) is 2.81. The van der Waals surface area contributed by atoms with Gasteiger partial charge in [0.05, 0.1) is 13.2 Å². The molecule has 1 heterocycles. The van der Waals surface area contributed by atoms with Crippen molar-refractivity contribution in [2.24, 2.45) is 0 Å². The largest absolute Gasteiger partial charge is 0.491 e. The predicted molar refractivity (Wildman–Crippen MR) is 115 cm³/mol. The molecular weight excluding hydrogens is 408 g/mol. The van der Waals surface area contributed by atoms with Crippen molar-refractivity contribution in [3.05, 3.63) is 65.3 Å².